The molecule has 0 aromatic rings. The molecule has 0 saturated carbocycles. The quantitative estimate of drug-likeness (QED) is 0.228. The number of aliphatic hydroxyl groups excluding tert-OH is 1. The number of ether oxygens (including phenoxy) is 1. The van der Waals surface area contributed by atoms with Gasteiger partial charge < -0.3 is 20.1 Å². The van der Waals surface area contributed by atoms with E-state index in [1.54, 1.807) is 0 Å². The molecule has 0 saturated heterocycles. The molecule has 0 bridgehead atoms. The molecule has 0 spiro atoms. The van der Waals surface area contributed by atoms with Gasteiger partial charge in [-0.15, -0.1) is 0 Å². The van der Waals surface area contributed by atoms with Crippen molar-refractivity contribution in [1.82, 2.24) is 0 Å². The number of carboxylic acid groups (broad SMARTS) is 1. The van der Waals surface area contributed by atoms with Gasteiger partial charge in [-0.1, -0.05) is 0 Å². The van der Waals surface area contributed by atoms with E-state index < -0.39 is 18.2 Å². The van der Waals surface area contributed by atoms with Crippen LogP contribution in [0.5, 0.6) is 0 Å². The van der Waals surface area contributed by atoms with E-state index in [1.165, 1.54) is 0 Å². The summed E-state index contributed by atoms with van der Waals surface area (Å²) in [7, 11) is 0. The zero-order valence-corrected chi connectivity index (χ0v) is 7.42. The van der Waals surface area contributed by atoms with Crippen molar-refractivity contribution in [2.45, 2.75) is 19.1 Å². The van der Waals surface area contributed by atoms with E-state index in [4.69, 9.17) is 15.3 Å². The van der Waals surface area contributed by atoms with Crippen LogP contribution in [0.2, 0.25) is 0 Å². The Morgan fingerprint density at radius 3 is 2.43 bits per heavy atom. The minimum atomic E-state index is -1.41. The lowest BCUT2D eigenvalue weighted by molar-refractivity contribution is -0.139. The number of hydrogen-bond donors (Lipinski definition) is 3. The minimum absolute atomic E-state index is 0.0282. The van der Waals surface area contributed by atoms with Gasteiger partial charge in [0, 0.05) is 18.6 Å². The summed E-state index contributed by atoms with van der Waals surface area (Å²) in [5, 5.41) is 25.0. The second-order valence-electron chi connectivity index (χ2n) is 2.46. The Morgan fingerprint density at radius 1 is 1.29 bits per heavy atom. The summed E-state index contributed by atoms with van der Waals surface area (Å²) >= 11 is 0. The molecule has 0 aromatic heterocycles. The minimum Gasteiger partial charge on any atom is -0.478 e. The molecule has 0 rings (SSSR count). The first-order chi connectivity index (χ1) is 6.52. The Morgan fingerprint density at radius 2 is 1.93 bits per heavy atom. The average molecular weight is 204 g/mol. The van der Waals surface area contributed by atoms with Crippen LogP contribution in [-0.4, -0.2) is 40.2 Å². The van der Waals surface area contributed by atoms with Crippen molar-refractivity contribution < 1.29 is 29.6 Å². The topological polar surface area (TPSA) is 104 Å². The molecule has 0 aromatic carbocycles. The van der Waals surface area contributed by atoms with Crippen molar-refractivity contribution in [2.75, 3.05) is 6.61 Å². The maximum Gasteiger partial charge on any atom is 0.331 e. The van der Waals surface area contributed by atoms with E-state index in [2.05, 4.69) is 4.74 Å². The Kier molecular flexibility index (Phi) is 6.34. The molecule has 6 heteroatoms. The van der Waals surface area contributed by atoms with Crippen LogP contribution < -0.4 is 0 Å². The van der Waals surface area contributed by atoms with Gasteiger partial charge in [0.2, 0.25) is 0 Å². The SMILES string of the molecule is O=C(O)C=CC(=O)OCCCC(O)O. The largest absolute Gasteiger partial charge is 0.478 e. The average Bonchev–Trinajstić information content (AvgIpc) is 2.08. The molecular formula is C8H12O6. The first-order valence-electron chi connectivity index (χ1n) is 3.96. The van der Waals surface area contributed by atoms with E-state index in [1.807, 2.05) is 0 Å². The van der Waals surface area contributed by atoms with Crippen LogP contribution in [0.1, 0.15) is 12.8 Å². The third kappa shape index (κ3) is 8.69. The number of aliphatic hydroxyl groups is 2. The molecule has 3 N–H and O–H groups in total. The fourth-order valence-corrected chi connectivity index (χ4v) is 0.626. The van der Waals surface area contributed by atoms with Gasteiger partial charge in [0.05, 0.1) is 6.61 Å². The van der Waals surface area contributed by atoms with Gasteiger partial charge in [-0.2, -0.15) is 0 Å². The van der Waals surface area contributed by atoms with Crippen molar-refractivity contribution in [1.29, 1.82) is 0 Å². The van der Waals surface area contributed by atoms with E-state index in [9.17, 15) is 9.59 Å². The highest BCUT2D eigenvalue weighted by Gasteiger charge is 2.00. The molecule has 80 valence electrons. The monoisotopic (exact) mass is 204 g/mol. The van der Waals surface area contributed by atoms with Gasteiger partial charge in [0.25, 0.3) is 0 Å². The first-order valence-corrected chi connectivity index (χ1v) is 3.96. The number of carboxylic acids is 1. The predicted octanol–water partition coefficient (Wildman–Crippen LogP) is -0.739. The fraction of sp³-hybridized carbons (Fsp3) is 0.500. The van der Waals surface area contributed by atoms with Crippen LogP contribution in [-0.2, 0) is 14.3 Å². The molecule has 0 atom stereocenters. The molecule has 0 aliphatic rings. The standard InChI is InChI=1S/C8H12O6/c9-6(10)2-1-5-14-8(13)4-3-7(11)12/h3-4,6,9-10H,1-2,5H2,(H,11,12). The summed E-state index contributed by atoms with van der Waals surface area (Å²) in [6, 6.07) is 0. The summed E-state index contributed by atoms with van der Waals surface area (Å²) < 4.78 is 4.53. The molecular weight excluding hydrogens is 192 g/mol. The lowest BCUT2D eigenvalue weighted by atomic mass is 10.3. The number of aliphatic carboxylic acids is 1. The Hall–Kier alpha value is -1.40. The lowest BCUT2D eigenvalue weighted by Gasteiger charge is -2.02. The Bertz CT molecular complexity index is 220. The third-order valence-corrected chi connectivity index (χ3v) is 1.21. The highest BCUT2D eigenvalue weighted by atomic mass is 16.5. The Labute approximate surface area is 80.4 Å². The van der Waals surface area contributed by atoms with Crippen LogP contribution in [0.3, 0.4) is 0 Å². The third-order valence-electron chi connectivity index (χ3n) is 1.21. The smallest absolute Gasteiger partial charge is 0.331 e. The normalized spacial score (nSPS) is 10.8. The summed E-state index contributed by atoms with van der Waals surface area (Å²) in [6.45, 7) is 0.0282. The molecule has 0 aliphatic heterocycles. The van der Waals surface area contributed by atoms with E-state index in [-0.39, 0.29) is 13.0 Å². The lowest BCUT2D eigenvalue weighted by Crippen LogP contribution is -2.08. The van der Waals surface area contributed by atoms with Crippen molar-refractivity contribution in [2.24, 2.45) is 0 Å². The molecule has 0 amide bonds. The van der Waals surface area contributed by atoms with Crippen LogP contribution >= 0.6 is 0 Å². The zero-order chi connectivity index (χ0) is 11.0. The molecule has 0 fully saturated rings. The maximum atomic E-state index is 10.7. The van der Waals surface area contributed by atoms with Crippen molar-refractivity contribution in [3.05, 3.63) is 12.2 Å². The predicted molar refractivity (Wildman–Crippen MR) is 45.2 cm³/mol. The van der Waals surface area contributed by atoms with Gasteiger partial charge in [0.1, 0.15) is 0 Å². The van der Waals surface area contributed by atoms with Gasteiger partial charge >= 0.3 is 11.9 Å². The van der Waals surface area contributed by atoms with Crippen molar-refractivity contribution in [3.8, 4) is 0 Å². The molecule has 0 aliphatic carbocycles. The maximum absolute atomic E-state index is 10.7. The van der Waals surface area contributed by atoms with E-state index in [0.29, 0.717) is 12.5 Å². The Balaban J connectivity index is 3.50. The number of esters is 1. The number of carbonyl (C=O) groups is 2. The summed E-state index contributed by atoms with van der Waals surface area (Å²) in [6.07, 6.45) is 0.463. The number of carbonyl (C=O) groups excluding carboxylic acids is 1. The summed E-state index contributed by atoms with van der Waals surface area (Å²) in [5.41, 5.74) is 0. The van der Waals surface area contributed by atoms with Gasteiger partial charge in [-0.05, 0) is 6.42 Å². The van der Waals surface area contributed by atoms with E-state index in [0.717, 1.165) is 6.08 Å². The highest BCUT2D eigenvalue weighted by Crippen LogP contribution is 1.94. The number of rotatable bonds is 6. The number of hydrogen-bond acceptors (Lipinski definition) is 5. The van der Waals surface area contributed by atoms with E-state index >= 15 is 0 Å². The zero-order valence-electron chi connectivity index (χ0n) is 7.42. The molecule has 0 heterocycles. The van der Waals surface area contributed by atoms with Gasteiger partial charge in [-0.25, -0.2) is 9.59 Å². The van der Waals surface area contributed by atoms with Crippen LogP contribution in [0.15, 0.2) is 12.2 Å². The van der Waals surface area contributed by atoms with Gasteiger partial charge in [0.15, 0.2) is 6.29 Å². The second kappa shape index (κ2) is 7.05. The molecule has 6 nitrogen and oxygen atoms in total. The molecule has 0 radical (unpaired) electrons. The summed E-state index contributed by atoms with van der Waals surface area (Å²) in [4.78, 5) is 20.7. The molecule has 14 heavy (non-hydrogen) atoms. The van der Waals surface area contributed by atoms with Crippen molar-refractivity contribution >= 4 is 11.9 Å². The first kappa shape index (κ1) is 12.6. The van der Waals surface area contributed by atoms with Crippen LogP contribution in [0.4, 0.5) is 0 Å². The van der Waals surface area contributed by atoms with Gasteiger partial charge in [-0.3, -0.25) is 0 Å². The highest BCUT2D eigenvalue weighted by molar-refractivity contribution is 5.90. The van der Waals surface area contributed by atoms with Crippen LogP contribution in [0.25, 0.3) is 0 Å². The molecule has 0 unspecified atom stereocenters. The van der Waals surface area contributed by atoms with Crippen LogP contribution in [0, 0.1) is 0 Å². The fourth-order valence-electron chi connectivity index (χ4n) is 0.626. The second-order valence-corrected chi connectivity index (χ2v) is 2.46. The summed E-state index contributed by atoms with van der Waals surface area (Å²) in [5.74, 6) is -1.99. The van der Waals surface area contributed by atoms with Crippen molar-refractivity contribution in [3.63, 3.8) is 0 Å².